The molecule has 3 aromatic rings. The first-order valence-corrected chi connectivity index (χ1v) is 8.14. The van der Waals surface area contributed by atoms with Gasteiger partial charge in [-0.15, -0.1) is 11.3 Å². The Balaban J connectivity index is 1.98. The molecule has 0 aliphatic rings. The molecule has 3 nitrogen and oxygen atoms in total. The number of thiazole rings is 1. The van der Waals surface area contributed by atoms with Crippen molar-refractivity contribution in [1.29, 1.82) is 0 Å². The van der Waals surface area contributed by atoms with Crippen molar-refractivity contribution in [2.45, 2.75) is 26.3 Å². The summed E-state index contributed by atoms with van der Waals surface area (Å²) in [7, 11) is 0. The van der Waals surface area contributed by atoms with Crippen LogP contribution in [-0.4, -0.2) is 16.5 Å². The van der Waals surface area contributed by atoms with Crippen molar-refractivity contribution in [3.8, 4) is 0 Å². The molecule has 0 spiro atoms. The lowest BCUT2D eigenvalue weighted by Gasteiger charge is -2.19. The number of benzene rings is 1. The fourth-order valence-electron chi connectivity index (χ4n) is 2.63. The van der Waals surface area contributed by atoms with E-state index >= 15 is 0 Å². The lowest BCUT2D eigenvalue weighted by Crippen LogP contribution is -2.23. The van der Waals surface area contributed by atoms with Gasteiger partial charge in [0.15, 0.2) is 0 Å². The van der Waals surface area contributed by atoms with Crippen LogP contribution in [0.3, 0.4) is 0 Å². The third-order valence-electron chi connectivity index (χ3n) is 3.55. The van der Waals surface area contributed by atoms with Crippen LogP contribution in [0.4, 0.5) is 0 Å². The second-order valence-electron chi connectivity index (χ2n) is 5.11. The molecule has 2 heterocycles. The van der Waals surface area contributed by atoms with Gasteiger partial charge in [0.05, 0.1) is 10.5 Å². The van der Waals surface area contributed by atoms with E-state index in [-0.39, 0.29) is 6.04 Å². The van der Waals surface area contributed by atoms with Crippen LogP contribution in [0.15, 0.2) is 41.9 Å². The Hall–Kier alpha value is -1.78. The van der Waals surface area contributed by atoms with Gasteiger partial charge in [0.1, 0.15) is 0 Å². The minimum atomic E-state index is 0.272. The number of hydrogen-bond acceptors (Lipinski definition) is 4. The van der Waals surface area contributed by atoms with Gasteiger partial charge in [0.25, 0.3) is 0 Å². The molecule has 1 atom stereocenters. The van der Waals surface area contributed by atoms with E-state index in [4.69, 9.17) is 0 Å². The van der Waals surface area contributed by atoms with Gasteiger partial charge in [-0.05, 0) is 31.2 Å². The standard InChI is InChI=1S/C17H19N3S/c1-3-18-16(10-17-20-12(2)11-21-17)14-8-9-19-15-7-5-4-6-13(14)15/h4-9,11,16,18H,3,10H2,1-2H3. The molecule has 4 heteroatoms. The number of aromatic nitrogens is 2. The van der Waals surface area contributed by atoms with E-state index in [2.05, 4.69) is 51.9 Å². The van der Waals surface area contributed by atoms with Gasteiger partial charge in [0.2, 0.25) is 0 Å². The number of rotatable bonds is 5. The number of nitrogens with zero attached hydrogens (tertiary/aromatic N) is 2. The first-order chi connectivity index (χ1) is 10.3. The number of fused-ring (bicyclic) bond motifs is 1. The molecule has 1 N–H and O–H groups in total. The summed E-state index contributed by atoms with van der Waals surface area (Å²) in [6, 6.07) is 10.7. The van der Waals surface area contributed by atoms with Gasteiger partial charge in [-0.3, -0.25) is 4.98 Å². The molecular formula is C17H19N3S. The summed E-state index contributed by atoms with van der Waals surface area (Å²) in [5.74, 6) is 0. The van der Waals surface area contributed by atoms with Gasteiger partial charge >= 0.3 is 0 Å². The summed E-state index contributed by atoms with van der Waals surface area (Å²) in [6.07, 6.45) is 2.81. The van der Waals surface area contributed by atoms with Crippen LogP contribution < -0.4 is 5.32 Å². The van der Waals surface area contributed by atoms with Crippen LogP contribution in [0.25, 0.3) is 10.9 Å². The van der Waals surface area contributed by atoms with E-state index in [1.165, 1.54) is 16.0 Å². The lowest BCUT2D eigenvalue weighted by atomic mass is 9.99. The van der Waals surface area contributed by atoms with Gasteiger partial charge in [0, 0.05) is 35.1 Å². The molecule has 3 rings (SSSR count). The van der Waals surface area contributed by atoms with Crippen molar-refractivity contribution in [3.63, 3.8) is 0 Å². The summed E-state index contributed by atoms with van der Waals surface area (Å²) in [6.45, 7) is 5.12. The molecule has 0 aliphatic heterocycles. The van der Waals surface area contributed by atoms with Crippen LogP contribution in [-0.2, 0) is 6.42 Å². The zero-order chi connectivity index (χ0) is 14.7. The topological polar surface area (TPSA) is 37.8 Å². The predicted molar refractivity (Wildman–Crippen MR) is 88.7 cm³/mol. The number of likely N-dealkylation sites (N-methyl/N-ethyl adjacent to an activating group) is 1. The van der Waals surface area contributed by atoms with E-state index in [0.29, 0.717) is 0 Å². The molecule has 0 saturated carbocycles. The Morgan fingerprint density at radius 1 is 1.24 bits per heavy atom. The highest BCUT2D eigenvalue weighted by Gasteiger charge is 2.16. The quantitative estimate of drug-likeness (QED) is 0.776. The molecule has 21 heavy (non-hydrogen) atoms. The van der Waals surface area contributed by atoms with Gasteiger partial charge in [-0.1, -0.05) is 25.1 Å². The summed E-state index contributed by atoms with van der Waals surface area (Å²) in [5, 5.41) is 8.10. The van der Waals surface area contributed by atoms with Crippen molar-refractivity contribution >= 4 is 22.2 Å². The van der Waals surface area contributed by atoms with Crippen LogP contribution >= 0.6 is 11.3 Å². The number of para-hydroxylation sites is 1. The Bertz CT molecular complexity index is 730. The second kappa shape index (κ2) is 6.33. The summed E-state index contributed by atoms with van der Waals surface area (Å²) < 4.78 is 0. The van der Waals surface area contributed by atoms with Crippen molar-refractivity contribution in [3.05, 3.63) is 58.2 Å². The molecule has 0 bridgehead atoms. The second-order valence-corrected chi connectivity index (χ2v) is 6.06. The minimum Gasteiger partial charge on any atom is -0.310 e. The van der Waals surface area contributed by atoms with Crippen molar-refractivity contribution < 1.29 is 0 Å². The zero-order valence-corrected chi connectivity index (χ0v) is 13.2. The maximum Gasteiger partial charge on any atom is 0.0947 e. The SMILES string of the molecule is CCNC(Cc1nc(C)cs1)c1ccnc2ccccc12. The average molecular weight is 297 g/mol. The van der Waals surface area contributed by atoms with Crippen LogP contribution in [0.5, 0.6) is 0 Å². The normalized spacial score (nSPS) is 12.7. The van der Waals surface area contributed by atoms with E-state index in [1.54, 1.807) is 11.3 Å². The van der Waals surface area contributed by atoms with E-state index < -0.39 is 0 Å². The molecule has 0 saturated heterocycles. The van der Waals surface area contributed by atoms with Crippen LogP contribution in [0.1, 0.15) is 29.2 Å². The first kappa shape index (κ1) is 14.2. The number of pyridine rings is 1. The summed E-state index contributed by atoms with van der Waals surface area (Å²) in [4.78, 5) is 9.06. The number of hydrogen-bond donors (Lipinski definition) is 1. The monoisotopic (exact) mass is 297 g/mol. The van der Waals surface area contributed by atoms with Crippen LogP contribution in [0, 0.1) is 6.92 Å². The summed E-state index contributed by atoms with van der Waals surface area (Å²) in [5.41, 5.74) is 3.45. The molecule has 0 aliphatic carbocycles. The maximum absolute atomic E-state index is 4.60. The largest absolute Gasteiger partial charge is 0.310 e. The Kier molecular flexibility index (Phi) is 4.27. The molecule has 2 aromatic heterocycles. The molecule has 0 radical (unpaired) electrons. The number of nitrogens with one attached hydrogen (secondary N) is 1. The smallest absolute Gasteiger partial charge is 0.0947 e. The van der Waals surface area contributed by atoms with Crippen molar-refractivity contribution in [1.82, 2.24) is 15.3 Å². The van der Waals surface area contributed by atoms with Gasteiger partial charge in [-0.2, -0.15) is 0 Å². The fourth-order valence-corrected chi connectivity index (χ4v) is 3.45. The molecular weight excluding hydrogens is 278 g/mol. The van der Waals surface area contributed by atoms with Crippen LogP contribution in [0.2, 0.25) is 0 Å². The van der Waals surface area contributed by atoms with E-state index in [9.17, 15) is 0 Å². The van der Waals surface area contributed by atoms with E-state index in [0.717, 1.165) is 24.2 Å². The molecule has 108 valence electrons. The van der Waals surface area contributed by atoms with E-state index in [1.807, 2.05) is 19.2 Å². The third-order valence-corrected chi connectivity index (χ3v) is 4.54. The first-order valence-electron chi connectivity index (χ1n) is 7.26. The van der Waals surface area contributed by atoms with Crippen molar-refractivity contribution in [2.24, 2.45) is 0 Å². The minimum absolute atomic E-state index is 0.272. The Morgan fingerprint density at radius 3 is 2.86 bits per heavy atom. The zero-order valence-electron chi connectivity index (χ0n) is 12.3. The third kappa shape index (κ3) is 3.12. The highest BCUT2D eigenvalue weighted by atomic mass is 32.1. The fraction of sp³-hybridized carbons (Fsp3) is 0.294. The maximum atomic E-state index is 4.60. The highest BCUT2D eigenvalue weighted by molar-refractivity contribution is 7.09. The van der Waals surface area contributed by atoms with Gasteiger partial charge in [-0.25, -0.2) is 4.98 Å². The Morgan fingerprint density at radius 2 is 2.10 bits per heavy atom. The Labute approximate surface area is 129 Å². The van der Waals surface area contributed by atoms with Gasteiger partial charge < -0.3 is 5.32 Å². The molecule has 0 amide bonds. The van der Waals surface area contributed by atoms with Crippen molar-refractivity contribution in [2.75, 3.05) is 6.54 Å². The summed E-state index contributed by atoms with van der Waals surface area (Å²) >= 11 is 1.74. The number of aryl methyl sites for hydroxylation is 1. The molecule has 0 fully saturated rings. The molecule has 1 aromatic carbocycles. The molecule has 1 unspecified atom stereocenters. The average Bonchev–Trinajstić information content (AvgIpc) is 2.91. The highest BCUT2D eigenvalue weighted by Crippen LogP contribution is 2.26. The predicted octanol–water partition coefficient (Wildman–Crippen LogP) is 3.89. The lowest BCUT2D eigenvalue weighted by molar-refractivity contribution is 0.551.